The maximum atomic E-state index is 12.1. The minimum atomic E-state index is -0.199. The molecule has 0 aromatic carbocycles. The number of aryl methyl sites for hydroxylation is 1. The Hall–Kier alpha value is -1.31. The molecule has 2 aliphatic rings. The van der Waals surface area contributed by atoms with Gasteiger partial charge in [-0.15, -0.1) is 0 Å². The second kappa shape index (κ2) is 5.72. The van der Waals surface area contributed by atoms with Crippen LogP contribution in [0.1, 0.15) is 58.4 Å². The molecule has 0 aliphatic heterocycles. The molecule has 0 bridgehead atoms. The maximum Gasteiger partial charge on any atom is 0.130 e. The number of aldehydes is 1. The topological polar surface area (TPSA) is 30.2 Å². The summed E-state index contributed by atoms with van der Waals surface area (Å²) in [5.41, 5.74) is 2.63. The molecule has 0 amide bonds. The molecule has 0 N–H and O–H groups in total. The molecule has 0 saturated heterocycles. The fourth-order valence-corrected chi connectivity index (χ4v) is 5.11. The van der Waals surface area contributed by atoms with E-state index in [1.54, 1.807) is 6.26 Å². The van der Waals surface area contributed by atoms with E-state index in [1.807, 2.05) is 6.26 Å². The third-order valence-corrected chi connectivity index (χ3v) is 6.92. The van der Waals surface area contributed by atoms with E-state index in [1.165, 1.54) is 17.4 Å². The Morgan fingerprint density at radius 3 is 2.91 bits per heavy atom. The minimum absolute atomic E-state index is 0.199. The summed E-state index contributed by atoms with van der Waals surface area (Å²) in [6.45, 7) is 6.99. The van der Waals surface area contributed by atoms with Crippen molar-refractivity contribution in [1.29, 1.82) is 0 Å². The van der Waals surface area contributed by atoms with E-state index >= 15 is 0 Å². The van der Waals surface area contributed by atoms with Gasteiger partial charge in [0.15, 0.2) is 0 Å². The second-order valence-electron chi connectivity index (χ2n) is 7.75. The van der Waals surface area contributed by atoms with Gasteiger partial charge in [0, 0.05) is 5.41 Å². The lowest BCUT2D eigenvalue weighted by Gasteiger charge is -2.57. The molecule has 1 saturated carbocycles. The second-order valence-corrected chi connectivity index (χ2v) is 7.75. The maximum absolute atomic E-state index is 12.1. The van der Waals surface area contributed by atoms with Gasteiger partial charge >= 0.3 is 0 Å². The van der Waals surface area contributed by atoms with Gasteiger partial charge in [-0.25, -0.2) is 0 Å². The Balaban J connectivity index is 1.90. The van der Waals surface area contributed by atoms with Gasteiger partial charge in [-0.2, -0.15) is 0 Å². The zero-order valence-electron chi connectivity index (χ0n) is 14.1. The van der Waals surface area contributed by atoms with Crippen LogP contribution >= 0.6 is 0 Å². The van der Waals surface area contributed by atoms with Gasteiger partial charge in [-0.3, -0.25) is 0 Å². The van der Waals surface area contributed by atoms with Gasteiger partial charge in [-0.05, 0) is 74.3 Å². The van der Waals surface area contributed by atoms with Gasteiger partial charge in [0.05, 0.1) is 12.5 Å². The van der Waals surface area contributed by atoms with Crippen LogP contribution < -0.4 is 0 Å². The first-order valence-electron chi connectivity index (χ1n) is 8.67. The summed E-state index contributed by atoms with van der Waals surface area (Å²) in [5, 5.41) is 0. The summed E-state index contributed by atoms with van der Waals surface area (Å²) in [4.78, 5) is 12.1. The van der Waals surface area contributed by atoms with Crippen LogP contribution in [0.2, 0.25) is 0 Å². The fourth-order valence-electron chi connectivity index (χ4n) is 5.11. The quantitative estimate of drug-likeness (QED) is 0.566. The summed E-state index contributed by atoms with van der Waals surface area (Å²) in [7, 11) is 0. The number of carbonyl (C=O) groups is 1. The Kier molecular flexibility index (Phi) is 4.05. The Labute approximate surface area is 134 Å². The van der Waals surface area contributed by atoms with Crippen molar-refractivity contribution in [3.8, 4) is 0 Å². The lowest BCUT2D eigenvalue weighted by atomic mass is 9.46. The molecule has 2 aliphatic carbocycles. The van der Waals surface area contributed by atoms with Gasteiger partial charge in [0.2, 0.25) is 0 Å². The number of hydrogen-bond donors (Lipinski definition) is 0. The Morgan fingerprint density at radius 1 is 1.41 bits per heavy atom. The molecule has 4 unspecified atom stereocenters. The highest BCUT2D eigenvalue weighted by Gasteiger charge is 2.55. The predicted molar refractivity (Wildman–Crippen MR) is 88.5 cm³/mol. The van der Waals surface area contributed by atoms with Crippen molar-refractivity contribution in [3.05, 3.63) is 35.8 Å². The molecular weight excluding hydrogens is 272 g/mol. The predicted octanol–water partition coefficient (Wildman–Crippen LogP) is 5.19. The van der Waals surface area contributed by atoms with Crippen molar-refractivity contribution in [1.82, 2.24) is 0 Å². The van der Waals surface area contributed by atoms with Crippen LogP contribution in [0.3, 0.4) is 0 Å². The van der Waals surface area contributed by atoms with Crippen molar-refractivity contribution in [2.75, 3.05) is 0 Å². The molecule has 2 heteroatoms. The number of allylic oxidation sites excluding steroid dienone is 2. The van der Waals surface area contributed by atoms with E-state index in [2.05, 4.69) is 32.9 Å². The van der Waals surface area contributed by atoms with E-state index in [-0.39, 0.29) is 10.8 Å². The summed E-state index contributed by atoms with van der Waals surface area (Å²) < 4.78 is 5.21. The molecule has 1 fully saturated rings. The number of rotatable bonds is 4. The van der Waals surface area contributed by atoms with E-state index in [4.69, 9.17) is 4.42 Å². The molecule has 3 rings (SSSR count). The highest BCUT2D eigenvalue weighted by atomic mass is 16.3. The third kappa shape index (κ3) is 2.28. The first-order chi connectivity index (χ1) is 10.5. The van der Waals surface area contributed by atoms with Gasteiger partial charge < -0.3 is 9.21 Å². The molecule has 4 atom stereocenters. The van der Waals surface area contributed by atoms with Crippen LogP contribution in [0.15, 0.2) is 34.7 Å². The van der Waals surface area contributed by atoms with Crippen LogP contribution in [0.4, 0.5) is 0 Å². The molecule has 1 aromatic heterocycles. The van der Waals surface area contributed by atoms with Crippen molar-refractivity contribution in [2.24, 2.45) is 22.7 Å². The van der Waals surface area contributed by atoms with Crippen LogP contribution in [0.25, 0.3) is 0 Å². The molecule has 120 valence electrons. The molecule has 2 nitrogen and oxygen atoms in total. The van der Waals surface area contributed by atoms with Crippen LogP contribution in [-0.2, 0) is 11.2 Å². The average molecular weight is 300 g/mol. The van der Waals surface area contributed by atoms with Crippen molar-refractivity contribution >= 4 is 6.29 Å². The number of fused-ring (bicyclic) bond motifs is 1. The first-order valence-corrected chi connectivity index (χ1v) is 8.67. The Bertz CT molecular complexity index is 556. The molecule has 0 spiro atoms. The van der Waals surface area contributed by atoms with Gasteiger partial charge in [0.25, 0.3) is 0 Å². The first kappa shape index (κ1) is 15.6. The summed E-state index contributed by atoms with van der Waals surface area (Å²) in [6.07, 6.45) is 13.9. The summed E-state index contributed by atoms with van der Waals surface area (Å²) >= 11 is 0. The zero-order valence-corrected chi connectivity index (χ0v) is 14.1. The fraction of sp³-hybridized carbons (Fsp3) is 0.650. The largest absolute Gasteiger partial charge is 0.472 e. The third-order valence-electron chi connectivity index (χ3n) is 6.92. The van der Waals surface area contributed by atoms with Gasteiger partial charge in [0.1, 0.15) is 6.29 Å². The van der Waals surface area contributed by atoms with Crippen LogP contribution in [0, 0.1) is 22.7 Å². The molecular formula is C20H28O2. The lowest BCUT2D eigenvalue weighted by Crippen LogP contribution is -2.52. The molecule has 0 radical (unpaired) electrons. The number of hydrogen-bond acceptors (Lipinski definition) is 2. The lowest BCUT2D eigenvalue weighted by molar-refractivity contribution is -0.128. The average Bonchev–Trinajstić information content (AvgIpc) is 3.04. The van der Waals surface area contributed by atoms with Crippen molar-refractivity contribution in [3.63, 3.8) is 0 Å². The van der Waals surface area contributed by atoms with E-state index in [9.17, 15) is 4.79 Å². The number of carbonyl (C=O) groups excluding carboxylic acids is 1. The van der Waals surface area contributed by atoms with Crippen molar-refractivity contribution < 1.29 is 9.21 Å². The van der Waals surface area contributed by atoms with Crippen LogP contribution in [-0.4, -0.2) is 6.29 Å². The normalized spacial score (nSPS) is 38.2. The summed E-state index contributed by atoms with van der Waals surface area (Å²) in [6, 6.07) is 2.07. The number of furan rings is 1. The SMILES string of the molecule is CC1=CCCC2C1(C=O)CCC(C)C2(C)CCc1ccoc1. The smallest absolute Gasteiger partial charge is 0.130 e. The van der Waals surface area contributed by atoms with Crippen molar-refractivity contribution in [2.45, 2.75) is 59.3 Å². The molecule has 1 heterocycles. The van der Waals surface area contributed by atoms with E-state index in [0.29, 0.717) is 11.8 Å². The van der Waals surface area contributed by atoms with Gasteiger partial charge in [-0.1, -0.05) is 25.5 Å². The molecule has 22 heavy (non-hydrogen) atoms. The van der Waals surface area contributed by atoms with Crippen LogP contribution in [0.5, 0.6) is 0 Å². The monoisotopic (exact) mass is 300 g/mol. The Morgan fingerprint density at radius 2 is 2.23 bits per heavy atom. The van der Waals surface area contributed by atoms with E-state index in [0.717, 1.165) is 38.5 Å². The molecule has 1 aromatic rings. The minimum Gasteiger partial charge on any atom is -0.472 e. The highest BCUT2D eigenvalue weighted by Crippen LogP contribution is 2.61. The van der Waals surface area contributed by atoms with E-state index < -0.39 is 0 Å². The highest BCUT2D eigenvalue weighted by molar-refractivity contribution is 5.67. The standard InChI is InChI=1S/C20H28O2/c1-15-7-11-20(14-21)16(2)5-4-6-18(20)19(15,3)10-8-17-9-12-22-13-17/h5,9,12-15,18H,4,6-8,10-11H2,1-3H3. The zero-order chi connectivity index (χ0) is 15.8. The summed E-state index contributed by atoms with van der Waals surface area (Å²) in [5.74, 6) is 1.15.